The molecule has 2 N–H and O–H groups in total. The molecule has 0 radical (unpaired) electrons. The number of rotatable bonds is 7. The molecular weight excluding hydrogens is 296 g/mol. The molecular formula is C22H26O2. The fourth-order valence-corrected chi connectivity index (χ4v) is 2.90. The van der Waals surface area contributed by atoms with Gasteiger partial charge in [0, 0.05) is 0 Å². The van der Waals surface area contributed by atoms with Crippen molar-refractivity contribution in [2.45, 2.75) is 32.3 Å². The summed E-state index contributed by atoms with van der Waals surface area (Å²) < 4.78 is 0. The Labute approximate surface area is 144 Å². The molecule has 2 aromatic carbocycles. The summed E-state index contributed by atoms with van der Waals surface area (Å²) in [5.41, 5.74) is 2.68. The van der Waals surface area contributed by atoms with E-state index in [-0.39, 0.29) is 6.61 Å². The van der Waals surface area contributed by atoms with Crippen LogP contribution in [0.3, 0.4) is 0 Å². The van der Waals surface area contributed by atoms with E-state index in [1.165, 1.54) is 0 Å². The monoisotopic (exact) mass is 322 g/mol. The first-order chi connectivity index (χ1) is 11.6. The van der Waals surface area contributed by atoms with E-state index in [1.54, 1.807) is 0 Å². The van der Waals surface area contributed by atoms with Crippen LogP contribution in [0.5, 0.6) is 0 Å². The summed E-state index contributed by atoms with van der Waals surface area (Å²) in [5, 5.41) is 20.5. The van der Waals surface area contributed by atoms with E-state index in [0.717, 1.165) is 35.1 Å². The van der Waals surface area contributed by atoms with Crippen LogP contribution in [0.1, 0.15) is 37.8 Å². The van der Waals surface area contributed by atoms with Crippen molar-refractivity contribution in [3.8, 4) is 0 Å². The highest BCUT2D eigenvalue weighted by Crippen LogP contribution is 2.36. The fourth-order valence-electron chi connectivity index (χ4n) is 2.90. The molecule has 24 heavy (non-hydrogen) atoms. The number of benzene rings is 2. The molecule has 2 aromatic rings. The Bertz CT molecular complexity index is 645. The van der Waals surface area contributed by atoms with Crippen LogP contribution in [0.4, 0.5) is 0 Å². The molecule has 0 unspecified atom stereocenters. The van der Waals surface area contributed by atoms with E-state index < -0.39 is 5.60 Å². The molecule has 2 rings (SSSR count). The largest absolute Gasteiger partial charge is 0.392 e. The van der Waals surface area contributed by atoms with Crippen molar-refractivity contribution in [3.63, 3.8) is 0 Å². The Morgan fingerprint density at radius 1 is 0.875 bits per heavy atom. The van der Waals surface area contributed by atoms with Gasteiger partial charge < -0.3 is 10.2 Å². The van der Waals surface area contributed by atoms with Crippen LogP contribution < -0.4 is 0 Å². The molecule has 0 saturated heterocycles. The van der Waals surface area contributed by atoms with E-state index in [4.69, 9.17) is 5.11 Å². The van der Waals surface area contributed by atoms with Crippen molar-refractivity contribution in [1.82, 2.24) is 0 Å². The minimum atomic E-state index is -1.13. The summed E-state index contributed by atoms with van der Waals surface area (Å²) >= 11 is 0. The van der Waals surface area contributed by atoms with Crippen molar-refractivity contribution in [3.05, 3.63) is 95.1 Å². The lowest BCUT2D eigenvalue weighted by Crippen LogP contribution is -2.28. The summed E-state index contributed by atoms with van der Waals surface area (Å²) in [6.07, 6.45) is 5.62. The third kappa shape index (κ3) is 4.22. The Morgan fingerprint density at radius 3 is 1.83 bits per heavy atom. The van der Waals surface area contributed by atoms with E-state index in [1.807, 2.05) is 80.6 Å². The molecule has 0 aliphatic rings. The van der Waals surface area contributed by atoms with E-state index in [0.29, 0.717) is 0 Å². The minimum absolute atomic E-state index is 0.0759. The maximum Gasteiger partial charge on any atom is 0.136 e. The van der Waals surface area contributed by atoms with Gasteiger partial charge in [-0.15, -0.1) is 0 Å². The summed E-state index contributed by atoms with van der Waals surface area (Å²) in [5.74, 6) is 0. The zero-order valence-corrected chi connectivity index (χ0v) is 14.4. The highest BCUT2D eigenvalue weighted by Gasteiger charge is 2.32. The van der Waals surface area contributed by atoms with Gasteiger partial charge >= 0.3 is 0 Å². The molecule has 126 valence electrons. The van der Waals surface area contributed by atoms with Crippen molar-refractivity contribution in [1.29, 1.82) is 0 Å². The molecule has 0 heterocycles. The quantitative estimate of drug-likeness (QED) is 0.732. The normalized spacial score (nSPS) is 13.2. The summed E-state index contributed by atoms with van der Waals surface area (Å²) in [4.78, 5) is 0. The topological polar surface area (TPSA) is 40.5 Å². The maximum absolute atomic E-state index is 11.6. The Hall–Kier alpha value is -2.16. The first-order valence-electron chi connectivity index (χ1n) is 8.36. The van der Waals surface area contributed by atoms with Gasteiger partial charge in [-0.3, -0.25) is 0 Å². The third-order valence-electron chi connectivity index (χ3n) is 4.38. The molecule has 0 aromatic heterocycles. The van der Waals surface area contributed by atoms with Gasteiger partial charge in [-0.2, -0.15) is 0 Å². The molecule has 0 bridgehead atoms. The standard InChI is InChI=1S/C22H26O2/c1-18(16-17-23)10-9-11-19(2)22(24,20-12-5-3-6-13-20)21-14-7-4-8-15-21/h3-8,11-16,23-24H,9-10,17H2,1-2H3/b18-16+,19-11?. The Balaban J connectivity index is 2.35. The van der Waals surface area contributed by atoms with Gasteiger partial charge in [0.25, 0.3) is 0 Å². The first-order valence-corrected chi connectivity index (χ1v) is 8.36. The summed E-state index contributed by atoms with van der Waals surface area (Å²) in [6, 6.07) is 19.5. The average molecular weight is 322 g/mol. The van der Waals surface area contributed by atoms with E-state index >= 15 is 0 Å². The highest BCUT2D eigenvalue weighted by molar-refractivity contribution is 5.44. The van der Waals surface area contributed by atoms with Crippen molar-refractivity contribution in [2.75, 3.05) is 6.61 Å². The lowest BCUT2D eigenvalue weighted by atomic mass is 9.80. The predicted molar refractivity (Wildman–Crippen MR) is 99.7 cm³/mol. The predicted octanol–water partition coefficient (Wildman–Crippen LogP) is 4.59. The molecule has 0 aliphatic carbocycles. The smallest absolute Gasteiger partial charge is 0.136 e. The van der Waals surface area contributed by atoms with Gasteiger partial charge in [-0.1, -0.05) is 78.4 Å². The van der Waals surface area contributed by atoms with Gasteiger partial charge in [0.05, 0.1) is 6.61 Å². The molecule has 0 aliphatic heterocycles. The second-order valence-corrected chi connectivity index (χ2v) is 6.10. The van der Waals surface area contributed by atoms with Crippen molar-refractivity contribution < 1.29 is 10.2 Å². The van der Waals surface area contributed by atoms with Gasteiger partial charge in [0.2, 0.25) is 0 Å². The lowest BCUT2D eigenvalue weighted by molar-refractivity contribution is 0.120. The second-order valence-electron chi connectivity index (χ2n) is 6.10. The zero-order valence-electron chi connectivity index (χ0n) is 14.4. The maximum atomic E-state index is 11.6. The van der Waals surface area contributed by atoms with Gasteiger partial charge in [-0.25, -0.2) is 0 Å². The van der Waals surface area contributed by atoms with Crippen molar-refractivity contribution >= 4 is 0 Å². The van der Waals surface area contributed by atoms with Gasteiger partial charge in [0.15, 0.2) is 0 Å². The van der Waals surface area contributed by atoms with Gasteiger partial charge in [0.1, 0.15) is 5.60 Å². The van der Waals surface area contributed by atoms with Gasteiger partial charge in [-0.05, 0) is 43.4 Å². The molecule has 2 heteroatoms. The van der Waals surface area contributed by atoms with E-state index in [9.17, 15) is 5.11 Å². The van der Waals surface area contributed by atoms with Crippen LogP contribution in [0.15, 0.2) is 84.0 Å². The third-order valence-corrected chi connectivity index (χ3v) is 4.38. The Kier molecular flexibility index (Phi) is 6.53. The SMILES string of the molecule is CC(=CCC/C(C)=C/CO)C(O)(c1ccccc1)c1ccccc1. The summed E-state index contributed by atoms with van der Waals surface area (Å²) in [7, 11) is 0. The average Bonchev–Trinajstić information content (AvgIpc) is 2.62. The van der Waals surface area contributed by atoms with Crippen LogP contribution >= 0.6 is 0 Å². The van der Waals surface area contributed by atoms with Crippen LogP contribution in [0, 0.1) is 0 Å². The summed E-state index contributed by atoms with van der Waals surface area (Å²) in [6.45, 7) is 4.07. The molecule has 0 spiro atoms. The van der Waals surface area contributed by atoms with Crippen LogP contribution in [0.2, 0.25) is 0 Å². The van der Waals surface area contributed by atoms with Crippen LogP contribution in [0.25, 0.3) is 0 Å². The number of hydrogen-bond acceptors (Lipinski definition) is 2. The van der Waals surface area contributed by atoms with Crippen molar-refractivity contribution in [2.24, 2.45) is 0 Å². The minimum Gasteiger partial charge on any atom is -0.392 e. The lowest BCUT2D eigenvalue weighted by Gasteiger charge is -2.31. The van der Waals surface area contributed by atoms with Crippen LogP contribution in [-0.2, 0) is 5.60 Å². The molecule has 0 atom stereocenters. The Morgan fingerprint density at radius 2 is 1.38 bits per heavy atom. The number of allylic oxidation sites excluding steroid dienone is 2. The molecule has 0 fully saturated rings. The zero-order chi connectivity index (χ0) is 17.4. The molecule has 2 nitrogen and oxygen atoms in total. The number of aliphatic hydroxyl groups is 2. The molecule has 0 saturated carbocycles. The molecule has 0 amide bonds. The van der Waals surface area contributed by atoms with Crippen LogP contribution in [-0.4, -0.2) is 16.8 Å². The first kappa shape index (κ1) is 18.2. The van der Waals surface area contributed by atoms with E-state index in [2.05, 4.69) is 6.08 Å². The number of hydrogen-bond donors (Lipinski definition) is 2. The second kappa shape index (κ2) is 8.62. The highest BCUT2D eigenvalue weighted by atomic mass is 16.3. The number of aliphatic hydroxyl groups excluding tert-OH is 1. The fraction of sp³-hybridized carbons (Fsp3) is 0.273.